The van der Waals surface area contributed by atoms with Crippen LogP contribution in [-0.2, 0) is 6.54 Å². The lowest BCUT2D eigenvalue weighted by Crippen LogP contribution is -2.11. The molecule has 0 saturated heterocycles. The van der Waals surface area contributed by atoms with Gasteiger partial charge >= 0.3 is 0 Å². The van der Waals surface area contributed by atoms with Crippen LogP contribution in [0.5, 0.6) is 0 Å². The molecule has 0 aromatic carbocycles. The minimum Gasteiger partial charge on any atom is -0.313 e. The van der Waals surface area contributed by atoms with E-state index in [1.807, 2.05) is 29.7 Å². The van der Waals surface area contributed by atoms with E-state index < -0.39 is 0 Å². The molecule has 1 rings (SSSR count). The third-order valence-corrected chi connectivity index (χ3v) is 3.13. The molecule has 0 aliphatic carbocycles. The van der Waals surface area contributed by atoms with Gasteiger partial charge in [-0.15, -0.1) is 0 Å². The van der Waals surface area contributed by atoms with Gasteiger partial charge in [-0.25, -0.2) is 0 Å². The second-order valence-corrected chi connectivity index (χ2v) is 4.64. The van der Waals surface area contributed by atoms with E-state index in [0.717, 1.165) is 12.3 Å². The lowest BCUT2D eigenvalue weighted by molar-refractivity contribution is 0.642. The zero-order chi connectivity index (χ0) is 10.4. The Morgan fingerprint density at radius 1 is 1.64 bits per heavy atom. The van der Waals surface area contributed by atoms with Gasteiger partial charge in [-0.3, -0.25) is 4.68 Å². The van der Waals surface area contributed by atoms with Gasteiger partial charge in [0.2, 0.25) is 0 Å². The zero-order valence-electron chi connectivity index (χ0n) is 9.16. The smallest absolute Gasteiger partial charge is 0.0537 e. The molecular weight excluding hydrogens is 194 g/mol. The van der Waals surface area contributed by atoms with Gasteiger partial charge in [0.25, 0.3) is 0 Å². The van der Waals surface area contributed by atoms with Crippen molar-refractivity contribution >= 4 is 11.8 Å². The van der Waals surface area contributed by atoms with Crippen molar-refractivity contribution in [2.75, 3.05) is 18.6 Å². The SMILES string of the molecule is CCSCCn1cc(C(C)NC)cn1. The summed E-state index contributed by atoms with van der Waals surface area (Å²) in [6.07, 6.45) is 4.06. The highest BCUT2D eigenvalue weighted by Gasteiger charge is 2.04. The molecule has 0 aliphatic rings. The van der Waals surface area contributed by atoms with Crippen LogP contribution in [0.1, 0.15) is 25.5 Å². The Hall–Kier alpha value is -0.480. The molecule has 0 amide bonds. The number of nitrogens with zero attached hydrogens (tertiary/aromatic N) is 2. The minimum atomic E-state index is 0.391. The van der Waals surface area contributed by atoms with Crippen LogP contribution in [0.2, 0.25) is 0 Å². The van der Waals surface area contributed by atoms with Crippen molar-refractivity contribution in [3.63, 3.8) is 0 Å². The third kappa shape index (κ3) is 3.35. The molecule has 0 fully saturated rings. The fraction of sp³-hybridized carbons (Fsp3) is 0.700. The van der Waals surface area contributed by atoms with Crippen LogP contribution in [0.3, 0.4) is 0 Å². The van der Waals surface area contributed by atoms with Crippen molar-refractivity contribution in [2.45, 2.75) is 26.4 Å². The maximum absolute atomic E-state index is 4.32. The monoisotopic (exact) mass is 213 g/mol. The summed E-state index contributed by atoms with van der Waals surface area (Å²) in [6.45, 7) is 5.33. The number of aryl methyl sites for hydroxylation is 1. The number of thioether (sulfide) groups is 1. The highest BCUT2D eigenvalue weighted by Crippen LogP contribution is 2.10. The first-order valence-electron chi connectivity index (χ1n) is 5.05. The van der Waals surface area contributed by atoms with E-state index in [0.29, 0.717) is 6.04 Å². The van der Waals surface area contributed by atoms with Gasteiger partial charge in [0.15, 0.2) is 0 Å². The zero-order valence-corrected chi connectivity index (χ0v) is 9.97. The van der Waals surface area contributed by atoms with E-state index in [9.17, 15) is 0 Å². The molecule has 1 heterocycles. The number of nitrogens with one attached hydrogen (secondary N) is 1. The maximum atomic E-state index is 4.32. The second-order valence-electron chi connectivity index (χ2n) is 3.24. The third-order valence-electron chi connectivity index (χ3n) is 2.26. The lowest BCUT2D eigenvalue weighted by Gasteiger charge is -2.05. The standard InChI is InChI=1S/C10H19N3S/c1-4-14-6-5-13-8-10(7-12-13)9(2)11-3/h7-9,11H,4-6H2,1-3H3. The van der Waals surface area contributed by atoms with Gasteiger partial charge in [-0.05, 0) is 19.7 Å². The van der Waals surface area contributed by atoms with Gasteiger partial charge < -0.3 is 5.32 Å². The van der Waals surface area contributed by atoms with Gasteiger partial charge in [0.1, 0.15) is 0 Å². The lowest BCUT2D eigenvalue weighted by atomic mass is 10.2. The first-order valence-corrected chi connectivity index (χ1v) is 6.20. The molecule has 0 saturated carbocycles. The average molecular weight is 213 g/mol. The highest BCUT2D eigenvalue weighted by molar-refractivity contribution is 7.99. The van der Waals surface area contributed by atoms with Crippen molar-refractivity contribution in [3.05, 3.63) is 18.0 Å². The molecule has 1 N–H and O–H groups in total. The molecule has 0 bridgehead atoms. The van der Waals surface area contributed by atoms with Crippen molar-refractivity contribution in [2.24, 2.45) is 0 Å². The molecule has 1 atom stereocenters. The molecule has 1 aromatic heterocycles. The van der Waals surface area contributed by atoms with Crippen molar-refractivity contribution < 1.29 is 0 Å². The van der Waals surface area contributed by atoms with Crippen molar-refractivity contribution in [3.8, 4) is 0 Å². The maximum Gasteiger partial charge on any atom is 0.0537 e. The molecule has 0 radical (unpaired) electrons. The Morgan fingerprint density at radius 3 is 3.07 bits per heavy atom. The Kier molecular flexibility index (Phi) is 5.04. The Balaban J connectivity index is 2.42. The summed E-state index contributed by atoms with van der Waals surface area (Å²) in [5, 5.41) is 7.52. The van der Waals surface area contributed by atoms with Crippen LogP contribution in [0.4, 0.5) is 0 Å². The van der Waals surface area contributed by atoms with E-state index >= 15 is 0 Å². The van der Waals surface area contributed by atoms with Gasteiger partial charge in [-0.2, -0.15) is 16.9 Å². The van der Waals surface area contributed by atoms with E-state index in [1.165, 1.54) is 11.3 Å². The molecular formula is C10H19N3S. The highest BCUT2D eigenvalue weighted by atomic mass is 32.2. The molecule has 1 unspecified atom stereocenters. The summed E-state index contributed by atoms with van der Waals surface area (Å²) in [5.74, 6) is 2.33. The normalized spacial score (nSPS) is 13.1. The molecule has 14 heavy (non-hydrogen) atoms. The summed E-state index contributed by atoms with van der Waals surface area (Å²) < 4.78 is 2.02. The van der Waals surface area contributed by atoms with Crippen LogP contribution >= 0.6 is 11.8 Å². The Morgan fingerprint density at radius 2 is 2.43 bits per heavy atom. The number of rotatable bonds is 6. The topological polar surface area (TPSA) is 29.9 Å². The predicted octanol–water partition coefficient (Wildman–Crippen LogP) is 1.92. The first kappa shape index (κ1) is 11.6. The van der Waals surface area contributed by atoms with Crippen LogP contribution in [-0.4, -0.2) is 28.3 Å². The summed E-state index contributed by atoms with van der Waals surface area (Å²) in [5.41, 5.74) is 1.26. The predicted molar refractivity (Wildman–Crippen MR) is 62.7 cm³/mol. The van der Waals surface area contributed by atoms with Crippen LogP contribution in [0, 0.1) is 0 Å². The number of aromatic nitrogens is 2. The van der Waals surface area contributed by atoms with Gasteiger partial charge in [-0.1, -0.05) is 6.92 Å². The summed E-state index contributed by atoms with van der Waals surface area (Å²) >= 11 is 1.95. The van der Waals surface area contributed by atoms with E-state index in [2.05, 4.69) is 30.5 Å². The first-order chi connectivity index (χ1) is 6.77. The van der Waals surface area contributed by atoms with Gasteiger partial charge in [0.05, 0.1) is 6.20 Å². The average Bonchev–Trinajstić information content (AvgIpc) is 2.66. The van der Waals surface area contributed by atoms with Crippen molar-refractivity contribution in [1.82, 2.24) is 15.1 Å². The van der Waals surface area contributed by atoms with Crippen LogP contribution in [0.25, 0.3) is 0 Å². The minimum absolute atomic E-state index is 0.391. The fourth-order valence-corrected chi connectivity index (χ4v) is 1.80. The van der Waals surface area contributed by atoms with Gasteiger partial charge in [0, 0.05) is 30.1 Å². The Labute approximate surface area is 90.3 Å². The van der Waals surface area contributed by atoms with E-state index in [-0.39, 0.29) is 0 Å². The van der Waals surface area contributed by atoms with E-state index in [1.54, 1.807) is 0 Å². The summed E-state index contributed by atoms with van der Waals surface area (Å²) in [7, 11) is 1.97. The quantitative estimate of drug-likeness (QED) is 0.732. The molecule has 0 aliphatic heterocycles. The van der Waals surface area contributed by atoms with Crippen LogP contribution < -0.4 is 5.32 Å². The van der Waals surface area contributed by atoms with Crippen LogP contribution in [0.15, 0.2) is 12.4 Å². The number of hydrogen-bond acceptors (Lipinski definition) is 3. The molecule has 4 heteroatoms. The fourth-order valence-electron chi connectivity index (χ4n) is 1.19. The molecule has 0 spiro atoms. The number of hydrogen-bond donors (Lipinski definition) is 1. The summed E-state index contributed by atoms with van der Waals surface area (Å²) in [6, 6.07) is 0.391. The molecule has 1 aromatic rings. The second kappa shape index (κ2) is 6.09. The largest absolute Gasteiger partial charge is 0.313 e. The Bertz CT molecular complexity index is 260. The van der Waals surface area contributed by atoms with Crippen molar-refractivity contribution in [1.29, 1.82) is 0 Å². The molecule has 80 valence electrons. The summed E-state index contributed by atoms with van der Waals surface area (Å²) in [4.78, 5) is 0. The molecule has 3 nitrogen and oxygen atoms in total. The van der Waals surface area contributed by atoms with E-state index in [4.69, 9.17) is 0 Å².